The summed E-state index contributed by atoms with van der Waals surface area (Å²) >= 11 is 1.27. The van der Waals surface area contributed by atoms with Crippen LogP contribution in [0.5, 0.6) is 0 Å². The third kappa shape index (κ3) is 3.38. The summed E-state index contributed by atoms with van der Waals surface area (Å²) in [7, 11) is 0. The molecule has 2 nitrogen and oxygen atoms in total. The molecule has 0 saturated heterocycles. The number of aliphatic hydroxyl groups is 1. The zero-order valence-corrected chi connectivity index (χ0v) is 11.6. The molecule has 1 atom stereocenters. The van der Waals surface area contributed by atoms with Crippen molar-refractivity contribution >= 4 is 16.9 Å². The molecule has 1 N–H and O–H groups in total. The zero-order chi connectivity index (χ0) is 12.9. The van der Waals surface area contributed by atoms with Crippen molar-refractivity contribution in [2.75, 3.05) is 0 Å². The number of hydrogen-bond donors (Lipinski definition) is 1. The van der Waals surface area contributed by atoms with Gasteiger partial charge in [0.25, 0.3) is 0 Å². The summed E-state index contributed by atoms with van der Waals surface area (Å²) in [5, 5.41) is 10.2. The topological polar surface area (TPSA) is 37.3 Å². The van der Waals surface area contributed by atoms with Gasteiger partial charge in [-0.2, -0.15) is 0 Å². The lowest BCUT2D eigenvalue weighted by Crippen LogP contribution is -2.20. The van der Waals surface area contributed by atoms with E-state index in [1.165, 1.54) is 31.0 Å². The molecule has 0 aromatic carbocycles. The van der Waals surface area contributed by atoms with Gasteiger partial charge < -0.3 is 5.11 Å². The molecule has 0 aromatic rings. The highest BCUT2D eigenvalue weighted by Gasteiger charge is 2.42. The maximum atomic E-state index is 11.8. The Morgan fingerprint density at radius 3 is 2.71 bits per heavy atom. The van der Waals surface area contributed by atoms with Crippen LogP contribution in [0.3, 0.4) is 0 Å². The highest BCUT2D eigenvalue weighted by atomic mass is 32.2. The second kappa shape index (κ2) is 6.29. The molecule has 0 unspecified atom stereocenters. The van der Waals surface area contributed by atoms with Gasteiger partial charge in [0.1, 0.15) is 5.76 Å². The maximum Gasteiger partial charge on any atom is 0.220 e. The van der Waals surface area contributed by atoms with E-state index in [-0.39, 0.29) is 10.9 Å². The van der Waals surface area contributed by atoms with E-state index in [0.29, 0.717) is 12.0 Å². The SMILES string of the molecule is C=CCC1=C(O)[C@@](C)(CCCCCC)SC1=O. The van der Waals surface area contributed by atoms with Crippen LogP contribution in [-0.4, -0.2) is 15.0 Å². The van der Waals surface area contributed by atoms with E-state index >= 15 is 0 Å². The van der Waals surface area contributed by atoms with Crippen molar-refractivity contribution in [3.05, 3.63) is 24.0 Å². The van der Waals surface area contributed by atoms with Gasteiger partial charge >= 0.3 is 0 Å². The average Bonchev–Trinajstić information content (AvgIpc) is 2.50. The van der Waals surface area contributed by atoms with Gasteiger partial charge in [0, 0.05) is 5.57 Å². The predicted octanol–water partition coefficient (Wildman–Crippen LogP) is 4.38. The first kappa shape index (κ1) is 14.4. The summed E-state index contributed by atoms with van der Waals surface area (Å²) in [6.07, 6.45) is 7.68. The number of allylic oxidation sites excluding steroid dienone is 1. The van der Waals surface area contributed by atoms with Gasteiger partial charge in [0.2, 0.25) is 5.12 Å². The fraction of sp³-hybridized carbons (Fsp3) is 0.643. The van der Waals surface area contributed by atoms with E-state index in [1.807, 2.05) is 6.92 Å². The van der Waals surface area contributed by atoms with Crippen LogP contribution in [0.25, 0.3) is 0 Å². The highest BCUT2D eigenvalue weighted by Crippen LogP contribution is 2.46. The molecule has 0 saturated carbocycles. The predicted molar refractivity (Wildman–Crippen MR) is 74.2 cm³/mol. The van der Waals surface area contributed by atoms with Crippen molar-refractivity contribution < 1.29 is 9.90 Å². The lowest BCUT2D eigenvalue weighted by molar-refractivity contribution is -0.107. The normalized spacial score (nSPS) is 24.5. The van der Waals surface area contributed by atoms with Crippen molar-refractivity contribution in [2.24, 2.45) is 0 Å². The van der Waals surface area contributed by atoms with E-state index in [9.17, 15) is 9.90 Å². The fourth-order valence-corrected chi connectivity index (χ4v) is 3.29. The molecular weight excluding hydrogens is 232 g/mol. The van der Waals surface area contributed by atoms with Gasteiger partial charge in [0.15, 0.2) is 0 Å². The van der Waals surface area contributed by atoms with Gasteiger partial charge in [-0.25, -0.2) is 0 Å². The Morgan fingerprint density at radius 2 is 2.12 bits per heavy atom. The van der Waals surface area contributed by atoms with E-state index < -0.39 is 4.75 Å². The number of thioether (sulfide) groups is 1. The lowest BCUT2D eigenvalue weighted by Gasteiger charge is -2.22. The van der Waals surface area contributed by atoms with Gasteiger partial charge in [-0.3, -0.25) is 4.79 Å². The molecule has 0 bridgehead atoms. The number of carbonyl (C=O) groups excluding carboxylic acids is 1. The monoisotopic (exact) mass is 254 g/mol. The van der Waals surface area contributed by atoms with Gasteiger partial charge in [-0.15, -0.1) is 6.58 Å². The second-order valence-electron chi connectivity index (χ2n) is 4.75. The molecule has 0 radical (unpaired) electrons. The van der Waals surface area contributed by atoms with Crippen molar-refractivity contribution in [1.82, 2.24) is 0 Å². The van der Waals surface area contributed by atoms with Gasteiger partial charge in [0.05, 0.1) is 4.75 Å². The molecule has 0 fully saturated rings. The number of aliphatic hydroxyl groups excluding tert-OH is 1. The Kier molecular flexibility index (Phi) is 5.31. The average molecular weight is 254 g/mol. The minimum Gasteiger partial charge on any atom is -0.510 e. The molecule has 1 aliphatic heterocycles. The van der Waals surface area contributed by atoms with Gasteiger partial charge in [-0.05, 0) is 19.8 Å². The van der Waals surface area contributed by atoms with Crippen LogP contribution in [0, 0.1) is 0 Å². The van der Waals surface area contributed by atoms with Crippen molar-refractivity contribution in [2.45, 2.75) is 57.1 Å². The summed E-state index contributed by atoms with van der Waals surface area (Å²) in [5.74, 6) is 0.281. The van der Waals surface area contributed by atoms with Crippen LogP contribution in [0.4, 0.5) is 0 Å². The Bertz CT molecular complexity index is 333. The van der Waals surface area contributed by atoms with E-state index in [1.54, 1.807) is 6.08 Å². The summed E-state index contributed by atoms with van der Waals surface area (Å²) in [4.78, 5) is 11.8. The molecule has 1 rings (SSSR count). The Balaban J connectivity index is 2.64. The first-order valence-corrected chi connectivity index (χ1v) is 7.13. The van der Waals surface area contributed by atoms with E-state index in [2.05, 4.69) is 13.5 Å². The molecule has 1 heterocycles. The van der Waals surface area contributed by atoms with E-state index in [0.717, 1.165) is 12.8 Å². The number of unbranched alkanes of at least 4 members (excludes halogenated alkanes) is 3. The zero-order valence-electron chi connectivity index (χ0n) is 10.8. The van der Waals surface area contributed by atoms with Crippen LogP contribution in [0.2, 0.25) is 0 Å². The summed E-state index contributed by atoms with van der Waals surface area (Å²) in [6.45, 7) is 7.76. The molecule has 0 aliphatic carbocycles. The molecule has 17 heavy (non-hydrogen) atoms. The van der Waals surface area contributed by atoms with Gasteiger partial charge in [-0.1, -0.05) is 50.4 Å². The van der Waals surface area contributed by atoms with Crippen molar-refractivity contribution in [3.63, 3.8) is 0 Å². The Morgan fingerprint density at radius 1 is 1.41 bits per heavy atom. The largest absolute Gasteiger partial charge is 0.510 e. The van der Waals surface area contributed by atoms with Crippen molar-refractivity contribution in [1.29, 1.82) is 0 Å². The standard InChI is InChI=1S/C14H22O2S/c1-4-6-7-8-10-14(3)12(15)11(9-5-2)13(16)17-14/h5,15H,2,4,6-10H2,1,3H3/t14-/m1/s1. The molecule has 1 aliphatic rings. The molecule has 3 heteroatoms. The number of rotatable bonds is 7. The summed E-state index contributed by atoms with van der Waals surface area (Å²) in [5.41, 5.74) is 0.544. The maximum absolute atomic E-state index is 11.8. The third-order valence-corrected chi connectivity index (χ3v) is 4.49. The molecule has 0 spiro atoms. The molecular formula is C14H22O2S. The fourth-order valence-electron chi connectivity index (χ4n) is 2.11. The summed E-state index contributed by atoms with van der Waals surface area (Å²) in [6, 6.07) is 0. The number of carbonyl (C=O) groups is 1. The quantitative estimate of drug-likeness (QED) is 0.541. The summed E-state index contributed by atoms with van der Waals surface area (Å²) < 4.78 is -0.400. The third-order valence-electron chi connectivity index (χ3n) is 3.21. The second-order valence-corrected chi connectivity index (χ2v) is 6.23. The minimum absolute atomic E-state index is 0.0143. The smallest absolute Gasteiger partial charge is 0.220 e. The molecule has 0 aromatic heterocycles. The van der Waals surface area contributed by atoms with Crippen LogP contribution >= 0.6 is 11.8 Å². The lowest BCUT2D eigenvalue weighted by atomic mass is 9.96. The highest BCUT2D eigenvalue weighted by molar-refractivity contribution is 8.15. The van der Waals surface area contributed by atoms with Crippen LogP contribution in [0.15, 0.2) is 24.0 Å². The Labute approximate surface area is 108 Å². The van der Waals surface area contributed by atoms with Crippen LogP contribution in [0.1, 0.15) is 52.4 Å². The first-order chi connectivity index (χ1) is 8.05. The van der Waals surface area contributed by atoms with Crippen LogP contribution < -0.4 is 0 Å². The van der Waals surface area contributed by atoms with Crippen LogP contribution in [-0.2, 0) is 4.79 Å². The number of hydrogen-bond acceptors (Lipinski definition) is 3. The minimum atomic E-state index is -0.400. The van der Waals surface area contributed by atoms with Crippen molar-refractivity contribution in [3.8, 4) is 0 Å². The van der Waals surface area contributed by atoms with E-state index in [4.69, 9.17) is 0 Å². The Hall–Kier alpha value is -0.700. The molecule has 0 amide bonds. The molecule has 96 valence electrons. The first-order valence-electron chi connectivity index (χ1n) is 6.32.